The van der Waals surface area contributed by atoms with Crippen LogP contribution in [-0.4, -0.2) is 23.3 Å². The fourth-order valence-electron chi connectivity index (χ4n) is 3.30. The summed E-state index contributed by atoms with van der Waals surface area (Å²) in [5.41, 5.74) is 13.9. The van der Waals surface area contributed by atoms with Crippen molar-refractivity contribution in [1.29, 1.82) is 0 Å². The van der Waals surface area contributed by atoms with Crippen LogP contribution in [0.3, 0.4) is 0 Å². The molecule has 0 amide bonds. The van der Waals surface area contributed by atoms with Crippen molar-refractivity contribution in [1.82, 2.24) is 10.9 Å². The number of hydrazine groups is 1. The standard InChI is InChI=1S/C14H19N3O2/c15-13-11-6-5-10(7-12(11)16-17-13)8-1-3-9(4-2-8)14(18)19/h1-4,10-13,16-17H,5-7,15H2,(H,18,19). The molecule has 1 aromatic rings. The number of fused-ring (bicyclic) bond motifs is 1. The van der Waals surface area contributed by atoms with Gasteiger partial charge in [0.05, 0.1) is 11.7 Å². The number of rotatable bonds is 2. The summed E-state index contributed by atoms with van der Waals surface area (Å²) in [5, 5.41) is 8.91. The van der Waals surface area contributed by atoms with Crippen LogP contribution in [0.25, 0.3) is 0 Å². The van der Waals surface area contributed by atoms with E-state index >= 15 is 0 Å². The molecule has 0 aromatic heterocycles. The van der Waals surface area contributed by atoms with Crippen molar-refractivity contribution < 1.29 is 9.90 Å². The highest BCUT2D eigenvalue weighted by Gasteiger charge is 2.38. The number of benzene rings is 1. The number of hydrogen-bond donors (Lipinski definition) is 4. The van der Waals surface area contributed by atoms with Crippen LogP contribution in [0, 0.1) is 5.92 Å². The predicted octanol–water partition coefficient (Wildman–Crippen LogP) is 1.03. The number of aromatic carboxylic acids is 1. The number of nitrogens with two attached hydrogens (primary N) is 1. The van der Waals surface area contributed by atoms with Gasteiger partial charge in [0.25, 0.3) is 0 Å². The smallest absolute Gasteiger partial charge is 0.335 e. The molecule has 0 bridgehead atoms. The van der Waals surface area contributed by atoms with Crippen molar-refractivity contribution in [2.45, 2.75) is 37.4 Å². The summed E-state index contributed by atoms with van der Waals surface area (Å²) in [6.45, 7) is 0. The highest BCUT2D eigenvalue weighted by atomic mass is 16.4. The molecule has 2 fully saturated rings. The summed E-state index contributed by atoms with van der Waals surface area (Å²) in [6.07, 6.45) is 3.33. The largest absolute Gasteiger partial charge is 0.478 e. The molecule has 1 aliphatic heterocycles. The molecular weight excluding hydrogens is 242 g/mol. The summed E-state index contributed by atoms with van der Waals surface area (Å²) in [6, 6.07) is 7.69. The molecule has 0 spiro atoms. The third kappa shape index (κ3) is 2.36. The average molecular weight is 261 g/mol. The molecule has 1 saturated heterocycles. The number of hydrogen-bond acceptors (Lipinski definition) is 4. The third-order valence-electron chi connectivity index (χ3n) is 4.43. The predicted molar refractivity (Wildman–Crippen MR) is 71.5 cm³/mol. The molecule has 1 aromatic carbocycles. The maximum Gasteiger partial charge on any atom is 0.335 e. The van der Waals surface area contributed by atoms with E-state index in [2.05, 4.69) is 10.9 Å². The zero-order valence-corrected chi connectivity index (χ0v) is 10.7. The lowest BCUT2D eigenvalue weighted by Gasteiger charge is -2.32. The average Bonchev–Trinajstić information content (AvgIpc) is 2.80. The summed E-state index contributed by atoms with van der Waals surface area (Å²) in [4.78, 5) is 10.8. The van der Waals surface area contributed by atoms with Crippen molar-refractivity contribution in [2.75, 3.05) is 0 Å². The van der Waals surface area contributed by atoms with Crippen molar-refractivity contribution >= 4 is 5.97 Å². The Morgan fingerprint density at radius 3 is 2.63 bits per heavy atom. The Bertz CT molecular complexity index is 474. The Balaban J connectivity index is 1.71. The van der Waals surface area contributed by atoms with Crippen LogP contribution < -0.4 is 16.6 Å². The first kappa shape index (κ1) is 12.6. The van der Waals surface area contributed by atoms with Gasteiger partial charge in [-0.2, -0.15) is 0 Å². The van der Waals surface area contributed by atoms with Crippen molar-refractivity contribution in [3.05, 3.63) is 35.4 Å². The Kier molecular flexibility index (Phi) is 3.26. The van der Waals surface area contributed by atoms with Crippen molar-refractivity contribution in [3.8, 4) is 0 Å². The van der Waals surface area contributed by atoms with Crippen LogP contribution in [0.1, 0.15) is 41.1 Å². The quantitative estimate of drug-likeness (QED) is 0.638. The molecule has 1 saturated carbocycles. The highest BCUT2D eigenvalue weighted by Crippen LogP contribution is 2.38. The maximum atomic E-state index is 10.8. The van der Waals surface area contributed by atoms with Crippen LogP contribution >= 0.6 is 0 Å². The van der Waals surface area contributed by atoms with Gasteiger partial charge >= 0.3 is 5.97 Å². The molecule has 3 rings (SSSR count). The van der Waals surface area contributed by atoms with E-state index in [-0.39, 0.29) is 6.17 Å². The molecular formula is C14H19N3O2. The van der Waals surface area contributed by atoms with Gasteiger partial charge in [-0.3, -0.25) is 5.43 Å². The van der Waals surface area contributed by atoms with E-state index in [1.54, 1.807) is 12.1 Å². The lowest BCUT2D eigenvalue weighted by Crippen LogP contribution is -2.39. The minimum atomic E-state index is -0.872. The van der Waals surface area contributed by atoms with E-state index in [0.717, 1.165) is 19.3 Å². The molecule has 0 radical (unpaired) electrons. The summed E-state index contributed by atoms with van der Waals surface area (Å²) >= 11 is 0. The van der Waals surface area contributed by atoms with E-state index < -0.39 is 5.97 Å². The number of nitrogens with one attached hydrogen (secondary N) is 2. The number of carboxylic acids is 1. The maximum absolute atomic E-state index is 10.8. The van der Waals surface area contributed by atoms with E-state index in [0.29, 0.717) is 23.4 Å². The van der Waals surface area contributed by atoms with Gasteiger partial charge in [0.1, 0.15) is 0 Å². The molecule has 102 valence electrons. The van der Waals surface area contributed by atoms with Gasteiger partial charge in [0.15, 0.2) is 0 Å². The Labute approximate surface area is 112 Å². The lowest BCUT2D eigenvalue weighted by atomic mass is 9.75. The van der Waals surface area contributed by atoms with Gasteiger partial charge in [-0.05, 0) is 42.9 Å². The van der Waals surface area contributed by atoms with Gasteiger partial charge in [-0.25, -0.2) is 10.2 Å². The van der Waals surface area contributed by atoms with E-state index in [1.807, 2.05) is 12.1 Å². The molecule has 5 N–H and O–H groups in total. The first-order chi connectivity index (χ1) is 9.15. The summed E-state index contributed by atoms with van der Waals surface area (Å²) in [7, 11) is 0. The van der Waals surface area contributed by atoms with Crippen LogP contribution in [0.15, 0.2) is 24.3 Å². The van der Waals surface area contributed by atoms with Crippen molar-refractivity contribution in [2.24, 2.45) is 11.7 Å². The zero-order chi connectivity index (χ0) is 13.4. The molecule has 5 nitrogen and oxygen atoms in total. The normalized spacial score (nSPS) is 33.9. The van der Waals surface area contributed by atoms with E-state index in [4.69, 9.17) is 10.8 Å². The summed E-state index contributed by atoms with van der Waals surface area (Å²) < 4.78 is 0. The summed E-state index contributed by atoms with van der Waals surface area (Å²) in [5.74, 6) is 0.126. The Morgan fingerprint density at radius 1 is 1.21 bits per heavy atom. The molecule has 5 heteroatoms. The van der Waals surface area contributed by atoms with Crippen LogP contribution in [-0.2, 0) is 0 Å². The lowest BCUT2D eigenvalue weighted by molar-refractivity contribution is 0.0697. The van der Waals surface area contributed by atoms with Gasteiger partial charge in [0, 0.05) is 12.0 Å². The second-order valence-electron chi connectivity index (χ2n) is 5.52. The Morgan fingerprint density at radius 2 is 1.95 bits per heavy atom. The fourth-order valence-corrected chi connectivity index (χ4v) is 3.30. The van der Waals surface area contributed by atoms with E-state index in [1.165, 1.54) is 5.56 Å². The van der Waals surface area contributed by atoms with Crippen LogP contribution in [0.5, 0.6) is 0 Å². The number of carboxylic acid groups (broad SMARTS) is 1. The molecule has 1 aliphatic carbocycles. The van der Waals surface area contributed by atoms with Gasteiger partial charge < -0.3 is 10.8 Å². The zero-order valence-electron chi connectivity index (χ0n) is 10.7. The van der Waals surface area contributed by atoms with Gasteiger partial charge in [0.2, 0.25) is 0 Å². The highest BCUT2D eigenvalue weighted by molar-refractivity contribution is 5.87. The molecule has 4 unspecified atom stereocenters. The van der Waals surface area contributed by atoms with Crippen molar-refractivity contribution in [3.63, 3.8) is 0 Å². The van der Waals surface area contributed by atoms with Gasteiger partial charge in [-0.15, -0.1) is 0 Å². The van der Waals surface area contributed by atoms with E-state index in [9.17, 15) is 4.79 Å². The molecule has 2 aliphatic rings. The topological polar surface area (TPSA) is 87.4 Å². The van der Waals surface area contributed by atoms with Crippen LogP contribution in [0.4, 0.5) is 0 Å². The molecule has 19 heavy (non-hydrogen) atoms. The second kappa shape index (κ2) is 4.92. The van der Waals surface area contributed by atoms with Crippen LogP contribution in [0.2, 0.25) is 0 Å². The minimum absolute atomic E-state index is 0.0559. The first-order valence-corrected chi connectivity index (χ1v) is 6.75. The fraction of sp³-hybridized carbons (Fsp3) is 0.500. The second-order valence-corrected chi connectivity index (χ2v) is 5.52. The monoisotopic (exact) mass is 261 g/mol. The minimum Gasteiger partial charge on any atom is -0.478 e. The number of carbonyl (C=O) groups is 1. The Hall–Kier alpha value is -1.43. The molecule has 1 heterocycles. The van der Waals surface area contributed by atoms with Gasteiger partial charge in [-0.1, -0.05) is 12.1 Å². The third-order valence-corrected chi connectivity index (χ3v) is 4.43. The first-order valence-electron chi connectivity index (χ1n) is 6.75. The molecule has 4 atom stereocenters. The SMILES string of the molecule is NC1NNC2CC(c3ccc(C(=O)O)cc3)CCC12.